The Hall–Kier alpha value is -4.67. The van der Waals surface area contributed by atoms with E-state index in [9.17, 15) is 22.8 Å². The number of ether oxygens (including phenoxy) is 1. The topological polar surface area (TPSA) is 85.6 Å². The van der Waals surface area contributed by atoms with Gasteiger partial charge in [0.15, 0.2) is 18.2 Å². The first-order valence-electron chi connectivity index (χ1n) is 12.7. The molecule has 0 saturated carbocycles. The number of para-hydroxylation sites is 1. The maximum atomic E-state index is 13.4. The van der Waals surface area contributed by atoms with Crippen LogP contribution in [0.5, 0.6) is 5.75 Å². The second kappa shape index (κ2) is 12.3. The molecule has 7 nitrogen and oxygen atoms in total. The van der Waals surface area contributed by atoms with Gasteiger partial charge in [0, 0.05) is 11.3 Å². The number of nitrogens with zero attached hydrogens (tertiary/aromatic N) is 3. The van der Waals surface area contributed by atoms with Crippen LogP contribution < -0.4 is 15.6 Å². The lowest BCUT2D eigenvalue weighted by Gasteiger charge is -2.12. The maximum absolute atomic E-state index is 13.4. The zero-order chi connectivity index (χ0) is 30.7. The fourth-order valence-electron chi connectivity index (χ4n) is 4.14. The number of carbonyl (C=O) groups excluding carboxylic acids is 1. The SMILES string of the molecule is Cc1ccc(NC(=O)COc2c(Cl)cc(C=Nn3c(-c4cccc(C(F)(F)F)c4)nc4ccccc4c3=O)cc2Cl)cc1. The van der Waals surface area contributed by atoms with E-state index in [0.717, 1.165) is 22.4 Å². The molecule has 1 aromatic heterocycles. The summed E-state index contributed by atoms with van der Waals surface area (Å²) in [5.41, 5.74) is 0.844. The van der Waals surface area contributed by atoms with Crippen LogP contribution in [0.2, 0.25) is 10.0 Å². The van der Waals surface area contributed by atoms with Crippen molar-refractivity contribution in [3.63, 3.8) is 0 Å². The molecule has 0 aliphatic carbocycles. The highest BCUT2D eigenvalue weighted by atomic mass is 35.5. The number of benzene rings is 4. The first-order chi connectivity index (χ1) is 20.5. The summed E-state index contributed by atoms with van der Waals surface area (Å²) in [6, 6.07) is 21.0. The van der Waals surface area contributed by atoms with Crippen molar-refractivity contribution in [1.29, 1.82) is 0 Å². The van der Waals surface area contributed by atoms with Crippen LogP contribution >= 0.6 is 23.2 Å². The molecule has 5 aromatic rings. The second-order valence-corrected chi connectivity index (χ2v) is 10.2. The highest BCUT2D eigenvalue weighted by Crippen LogP contribution is 2.34. The molecule has 0 atom stereocenters. The van der Waals surface area contributed by atoms with E-state index in [1.807, 2.05) is 19.1 Å². The van der Waals surface area contributed by atoms with E-state index in [0.29, 0.717) is 16.8 Å². The largest absolute Gasteiger partial charge is 0.481 e. The minimum atomic E-state index is -4.60. The lowest BCUT2D eigenvalue weighted by molar-refractivity contribution is -0.137. The lowest BCUT2D eigenvalue weighted by atomic mass is 10.1. The van der Waals surface area contributed by atoms with Crippen LogP contribution in [0.25, 0.3) is 22.3 Å². The highest BCUT2D eigenvalue weighted by molar-refractivity contribution is 6.37. The molecule has 0 fully saturated rings. The Kier molecular flexibility index (Phi) is 8.52. The summed E-state index contributed by atoms with van der Waals surface area (Å²) >= 11 is 12.8. The minimum Gasteiger partial charge on any atom is -0.481 e. The molecule has 4 aromatic carbocycles. The first kappa shape index (κ1) is 29.8. The van der Waals surface area contributed by atoms with Crippen molar-refractivity contribution >= 4 is 51.9 Å². The minimum absolute atomic E-state index is 0.0403. The first-order valence-corrected chi connectivity index (χ1v) is 13.5. The van der Waals surface area contributed by atoms with E-state index in [4.69, 9.17) is 27.9 Å². The number of carbonyl (C=O) groups is 1. The molecule has 1 heterocycles. The molecule has 1 N–H and O–H groups in total. The predicted octanol–water partition coefficient (Wildman–Crippen LogP) is 7.60. The van der Waals surface area contributed by atoms with Gasteiger partial charge < -0.3 is 10.1 Å². The normalized spacial score (nSPS) is 11.7. The van der Waals surface area contributed by atoms with Crippen molar-refractivity contribution < 1.29 is 22.7 Å². The predicted molar refractivity (Wildman–Crippen MR) is 161 cm³/mol. The molecule has 0 spiro atoms. The van der Waals surface area contributed by atoms with Gasteiger partial charge in [-0.15, -0.1) is 0 Å². The van der Waals surface area contributed by atoms with Crippen LogP contribution in [-0.2, 0) is 11.0 Å². The van der Waals surface area contributed by atoms with Gasteiger partial charge in [0.1, 0.15) is 0 Å². The Morgan fingerprint density at radius 1 is 1.00 bits per heavy atom. The quantitative estimate of drug-likeness (QED) is 0.189. The van der Waals surface area contributed by atoms with Crippen LogP contribution in [0.1, 0.15) is 16.7 Å². The summed E-state index contributed by atoms with van der Waals surface area (Å²) in [4.78, 5) is 30.2. The Morgan fingerprint density at radius 2 is 1.70 bits per heavy atom. The fraction of sp³-hybridized carbons (Fsp3) is 0.0968. The standard InChI is InChI=1S/C31H21Cl2F3N4O3/c1-18-9-11-22(12-10-18)38-27(41)17-43-28-24(32)13-19(14-25(28)33)16-37-40-29(20-5-4-6-21(15-20)31(34,35)36)39-26-8-3-2-7-23(26)30(40)42/h2-16H,17H2,1H3,(H,38,41). The Balaban J connectivity index is 1.44. The molecule has 0 unspecified atom stereocenters. The summed E-state index contributed by atoms with van der Waals surface area (Å²) in [5, 5.41) is 7.31. The molecule has 5 rings (SSSR count). The third-order valence-corrected chi connectivity index (χ3v) is 6.79. The molecule has 0 bridgehead atoms. The van der Waals surface area contributed by atoms with Crippen LogP contribution in [0.4, 0.5) is 18.9 Å². The molecule has 43 heavy (non-hydrogen) atoms. The zero-order valence-electron chi connectivity index (χ0n) is 22.3. The summed E-state index contributed by atoms with van der Waals surface area (Å²) in [5.74, 6) is -0.455. The smallest absolute Gasteiger partial charge is 0.416 e. The summed E-state index contributed by atoms with van der Waals surface area (Å²) in [7, 11) is 0. The van der Waals surface area contributed by atoms with Crippen LogP contribution in [0.3, 0.4) is 0 Å². The molecule has 0 aliphatic heterocycles. The number of hydrogen-bond acceptors (Lipinski definition) is 5. The van der Waals surface area contributed by atoms with Crippen molar-refractivity contribution in [3.8, 4) is 17.1 Å². The van der Waals surface area contributed by atoms with Crippen LogP contribution in [0, 0.1) is 6.92 Å². The molecular weight excluding hydrogens is 604 g/mol. The van der Waals surface area contributed by atoms with Crippen LogP contribution in [-0.4, -0.2) is 28.4 Å². The average molecular weight is 625 g/mol. The van der Waals surface area contributed by atoms with E-state index >= 15 is 0 Å². The van der Waals surface area contributed by atoms with Crippen molar-refractivity contribution in [1.82, 2.24) is 9.66 Å². The van der Waals surface area contributed by atoms with Gasteiger partial charge in [0.2, 0.25) is 0 Å². The summed E-state index contributed by atoms with van der Waals surface area (Å²) in [6.07, 6.45) is -3.33. The Labute approximate surface area is 253 Å². The van der Waals surface area contributed by atoms with E-state index in [1.165, 1.54) is 30.5 Å². The van der Waals surface area contributed by atoms with Gasteiger partial charge in [0.05, 0.1) is 32.7 Å². The van der Waals surface area contributed by atoms with Crippen LogP contribution in [0.15, 0.2) is 94.8 Å². The van der Waals surface area contributed by atoms with Crippen molar-refractivity contribution in [2.45, 2.75) is 13.1 Å². The van der Waals surface area contributed by atoms with Gasteiger partial charge in [-0.2, -0.15) is 22.9 Å². The Morgan fingerprint density at radius 3 is 2.40 bits per heavy atom. The molecule has 218 valence electrons. The third kappa shape index (κ3) is 6.87. The fourth-order valence-corrected chi connectivity index (χ4v) is 4.75. The Bertz CT molecular complexity index is 1900. The number of fused-ring (bicyclic) bond motifs is 1. The van der Waals surface area contributed by atoms with E-state index in [1.54, 1.807) is 36.4 Å². The number of hydrogen-bond donors (Lipinski definition) is 1. The molecular formula is C31H21Cl2F3N4O3. The van der Waals surface area contributed by atoms with Gasteiger partial charge in [-0.3, -0.25) is 9.59 Å². The summed E-state index contributed by atoms with van der Waals surface area (Å²) in [6.45, 7) is 1.57. The average Bonchev–Trinajstić information content (AvgIpc) is 2.97. The monoisotopic (exact) mass is 624 g/mol. The molecule has 12 heteroatoms. The van der Waals surface area contributed by atoms with E-state index < -0.39 is 23.2 Å². The number of aromatic nitrogens is 2. The third-order valence-electron chi connectivity index (χ3n) is 6.23. The van der Waals surface area contributed by atoms with Crippen molar-refractivity contribution in [2.75, 3.05) is 11.9 Å². The number of nitrogens with one attached hydrogen (secondary N) is 1. The van der Waals surface area contributed by atoms with Gasteiger partial charge in [-0.1, -0.05) is 65.2 Å². The molecule has 1 amide bonds. The number of rotatable bonds is 7. The van der Waals surface area contributed by atoms with E-state index in [2.05, 4.69) is 15.4 Å². The number of aryl methyl sites for hydroxylation is 1. The maximum Gasteiger partial charge on any atom is 0.416 e. The van der Waals surface area contributed by atoms with Crippen molar-refractivity contribution in [3.05, 3.63) is 122 Å². The van der Waals surface area contributed by atoms with Gasteiger partial charge >= 0.3 is 6.18 Å². The highest BCUT2D eigenvalue weighted by Gasteiger charge is 2.31. The number of halogens is 5. The number of amides is 1. The molecule has 0 aliphatic rings. The molecule has 0 saturated heterocycles. The van der Waals surface area contributed by atoms with Gasteiger partial charge in [-0.05, 0) is 61.0 Å². The second-order valence-electron chi connectivity index (χ2n) is 9.41. The molecule has 0 radical (unpaired) electrons. The van der Waals surface area contributed by atoms with Gasteiger partial charge in [0.25, 0.3) is 11.5 Å². The zero-order valence-corrected chi connectivity index (χ0v) is 23.8. The van der Waals surface area contributed by atoms with Crippen molar-refractivity contribution in [2.24, 2.45) is 5.10 Å². The van der Waals surface area contributed by atoms with Gasteiger partial charge in [-0.25, -0.2) is 4.98 Å². The number of alkyl halides is 3. The summed E-state index contributed by atoms with van der Waals surface area (Å²) < 4.78 is 46.8. The van der Waals surface area contributed by atoms with E-state index in [-0.39, 0.29) is 39.2 Å². The number of anilines is 1. The lowest BCUT2D eigenvalue weighted by Crippen LogP contribution is -2.20.